The molecule has 0 fully saturated rings. The predicted molar refractivity (Wildman–Crippen MR) is 122 cm³/mol. The van der Waals surface area contributed by atoms with Gasteiger partial charge in [-0.3, -0.25) is 9.89 Å². The molecule has 31 heavy (non-hydrogen) atoms. The summed E-state index contributed by atoms with van der Waals surface area (Å²) in [5.74, 6) is 0.834. The molecule has 3 N–H and O–H groups in total. The van der Waals surface area contributed by atoms with Gasteiger partial charge in [0.1, 0.15) is 17.0 Å². The summed E-state index contributed by atoms with van der Waals surface area (Å²) in [5.41, 5.74) is 3.18. The minimum Gasteiger partial charge on any atom is -0.392 e. The largest absolute Gasteiger partial charge is 0.392 e. The molecule has 1 aliphatic rings. The third kappa shape index (κ3) is 3.75. The first kappa shape index (κ1) is 19.9. The number of amides is 1. The lowest BCUT2D eigenvalue weighted by molar-refractivity contribution is -0.135. The number of aromatic amines is 1. The number of hydrogen-bond donors (Lipinski definition) is 3. The van der Waals surface area contributed by atoms with Crippen LogP contribution in [0.15, 0.2) is 30.7 Å². The van der Waals surface area contributed by atoms with Gasteiger partial charge in [0.25, 0.3) is 0 Å². The summed E-state index contributed by atoms with van der Waals surface area (Å²) in [6.07, 6.45) is 5.17. The number of rotatable bonds is 5. The fraction of sp³-hybridized carbons (Fsp3) is 0.364. The molecule has 1 unspecified atom stereocenters. The Morgan fingerprint density at radius 1 is 1.42 bits per heavy atom. The van der Waals surface area contributed by atoms with E-state index in [2.05, 4.69) is 25.5 Å². The summed E-state index contributed by atoms with van der Waals surface area (Å²) < 4.78 is 0. The molecule has 2 atom stereocenters. The molecule has 5 rings (SSSR count). The maximum absolute atomic E-state index is 12.8. The first-order valence-electron chi connectivity index (χ1n) is 10.4. The third-order valence-corrected chi connectivity index (χ3v) is 6.97. The maximum atomic E-state index is 12.8. The van der Waals surface area contributed by atoms with Gasteiger partial charge in [0.2, 0.25) is 5.91 Å². The van der Waals surface area contributed by atoms with Crippen LogP contribution in [0, 0.1) is 5.92 Å². The van der Waals surface area contributed by atoms with Gasteiger partial charge in [-0.15, -0.1) is 11.3 Å². The summed E-state index contributed by atoms with van der Waals surface area (Å²) in [7, 11) is 1.76. The number of carbonyl (C=O) groups is 1. The Morgan fingerprint density at radius 2 is 2.29 bits per heavy atom. The molecule has 9 heteroatoms. The summed E-state index contributed by atoms with van der Waals surface area (Å²) in [6.45, 7) is 2.06. The maximum Gasteiger partial charge on any atom is 0.225 e. The number of fused-ring (bicyclic) bond motifs is 4. The molecular weight excluding hydrogens is 412 g/mol. The van der Waals surface area contributed by atoms with Gasteiger partial charge in [-0.2, -0.15) is 5.10 Å². The molecule has 1 aromatic carbocycles. The lowest BCUT2D eigenvalue weighted by Crippen LogP contribution is -2.39. The first-order valence-corrected chi connectivity index (χ1v) is 11.2. The van der Waals surface area contributed by atoms with Crippen LogP contribution in [0.4, 0.5) is 11.5 Å². The van der Waals surface area contributed by atoms with Gasteiger partial charge in [-0.1, -0.05) is 0 Å². The van der Waals surface area contributed by atoms with Crippen molar-refractivity contribution in [2.45, 2.75) is 32.3 Å². The fourth-order valence-electron chi connectivity index (χ4n) is 4.37. The van der Waals surface area contributed by atoms with E-state index in [-0.39, 0.29) is 11.8 Å². The lowest BCUT2D eigenvalue weighted by Gasteiger charge is -2.27. The Labute approximate surface area is 183 Å². The van der Waals surface area contributed by atoms with Crippen molar-refractivity contribution in [1.82, 2.24) is 25.1 Å². The minimum absolute atomic E-state index is 0.0582. The van der Waals surface area contributed by atoms with Gasteiger partial charge >= 0.3 is 0 Å². The van der Waals surface area contributed by atoms with E-state index in [1.54, 1.807) is 42.7 Å². The highest BCUT2D eigenvalue weighted by atomic mass is 32.1. The number of aromatic nitrogens is 4. The van der Waals surface area contributed by atoms with Crippen molar-refractivity contribution in [1.29, 1.82) is 0 Å². The van der Waals surface area contributed by atoms with Crippen molar-refractivity contribution in [3.05, 3.63) is 41.2 Å². The van der Waals surface area contributed by atoms with Crippen LogP contribution in [0.5, 0.6) is 0 Å². The van der Waals surface area contributed by atoms with Crippen LogP contribution in [0.25, 0.3) is 21.1 Å². The SMILES string of the molecule is CC(O)CN(C)C(=O)[C@H]1CCc2c(sc3ncnc(Nc4ccc5[nH]ncc5c4)c23)C1. The number of benzene rings is 1. The van der Waals surface area contributed by atoms with Crippen LogP contribution in [0.2, 0.25) is 0 Å². The van der Waals surface area contributed by atoms with Gasteiger partial charge in [-0.05, 0) is 49.9 Å². The third-order valence-electron chi connectivity index (χ3n) is 5.81. The Hall–Kier alpha value is -3.04. The summed E-state index contributed by atoms with van der Waals surface area (Å²) >= 11 is 1.65. The number of aliphatic hydroxyl groups is 1. The topological polar surface area (TPSA) is 107 Å². The second-order valence-corrected chi connectivity index (χ2v) is 9.29. The Morgan fingerprint density at radius 3 is 3.13 bits per heavy atom. The molecule has 3 heterocycles. The number of anilines is 2. The number of aryl methyl sites for hydroxylation is 1. The lowest BCUT2D eigenvalue weighted by atomic mass is 9.87. The molecule has 0 saturated carbocycles. The Bertz CT molecular complexity index is 1260. The van der Waals surface area contributed by atoms with E-state index in [4.69, 9.17) is 0 Å². The number of nitrogens with one attached hydrogen (secondary N) is 2. The zero-order chi connectivity index (χ0) is 21.5. The fourth-order valence-corrected chi connectivity index (χ4v) is 5.64. The van der Waals surface area contributed by atoms with Crippen molar-refractivity contribution in [2.75, 3.05) is 18.9 Å². The highest BCUT2D eigenvalue weighted by Gasteiger charge is 2.30. The normalized spacial score (nSPS) is 16.9. The van der Waals surface area contributed by atoms with E-state index in [9.17, 15) is 9.90 Å². The number of H-pyrrole nitrogens is 1. The van der Waals surface area contributed by atoms with Crippen LogP contribution in [0.3, 0.4) is 0 Å². The molecule has 0 bridgehead atoms. The number of aliphatic hydroxyl groups excluding tert-OH is 1. The summed E-state index contributed by atoms with van der Waals surface area (Å²) in [5, 5.41) is 22.2. The molecule has 1 aliphatic carbocycles. The molecule has 160 valence electrons. The smallest absolute Gasteiger partial charge is 0.225 e. The van der Waals surface area contributed by atoms with Gasteiger partial charge in [0.15, 0.2) is 0 Å². The van der Waals surface area contributed by atoms with E-state index < -0.39 is 6.10 Å². The van der Waals surface area contributed by atoms with Crippen LogP contribution < -0.4 is 5.32 Å². The molecule has 4 aromatic rings. The second kappa shape index (κ2) is 7.90. The van der Waals surface area contributed by atoms with Crippen LogP contribution in [-0.4, -0.2) is 55.8 Å². The van der Waals surface area contributed by atoms with E-state index in [0.29, 0.717) is 13.0 Å². The molecular formula is C22H24N6O2S. The minimum atomic E-state index is -0.525. The van der Waals surface area contributed by atoms with E-state index in [1.807, 2.05) is 18.2 Å². The quantitative estimate of drug-likeness (QED) is 0.443. The summed E-state index contributed by atoms with van der Waals surface area (Å²) in [6, 6.07) is 6.03. The Balaban J connectivity index is 1.43. The Kier molecular flexibility index (Phi) is 5.07. The standard InChI is InChI=1S/C22H24N6O2S/c1-12(29)10-28(2)22(30)13-3-5-16-18(8-13)31-21-19(16)20(23-11-24-21)26-15-4-6-17-14(7-15)9-25-27-17/h4,6-7,9,11-13,29H,3,5,8,10H2,1-2H3,(H,25,27)(H,23,24,26)/t12?,13-/m0/s1. The van der Waals surface area contributed by atoms with Crippen molar-refractivity contribution in [2.24, 2.45) is 5.92 Å². The molecule has 0 spiro atoms. The molecule has 1 amide bonds. The highest BCUT2D eigenvalue weighted by Crippen LogP contribution is 2.40. The van der Waals surface area contributed by atoms with Gasteiger partial charge in [-0.25, -0.2) is 9.97 Å². The van der Waals surface area contributed by atoms with Crippen molar-refractivity contribution >= 4 is 49.9 Å². The van der Waals surface area contributed by atoms with Crippen LogP contribution >= 0.6 is 11.3 Å². The van der Waals surface area contributed by atoms with Gasteiger partial charge in [0.05, 0.1) is 23.2 Å². The average molecular weight is 437 g/mol. The van der Waals surface area contributed by atoms with E-state index in [0.717, 1.165) is 45.5 Å². The average Bonchev–Trinajstić information content (AvgIpc) is 3.36. The highest BCUT2D eigenvalue weighted by molar-refractivity contribution is 7.19. The number of hydrogen-bond acceptors (Lipinski definition) is 7. The van der Waals surface area contributed by atoms with Crippen molar-refractivity contribution in [3.63, 3.8) is 0 Å². The molecule has 8 nitrogen and oxygen atoms in total. The predicted octanol–water partition coefficient (Wildman–Crippen LogP) is 3.26. The number of thiophene rings is 1. The second-order valence-electron chi connectivity index (χ2n) is 8.21. The van der Waals surface area contributed by atoms with Crippen LogP contribution in [0.1, 0.15) is 23.8 Å². The molecule has 3 aromatic heterocycles. The zero-order valence-corrected chi connectivity index (χ0v) is 18.2. The van der Waals surface area contributed by atoms with Gasteiger partial charge in [0, 0.05) is 35.5 Å². The molecule has 0 aliphatic heterocycles. The number of nitrogens with zero attached hydrogens (tertiary/aromatic N) is 4. The van der Waals surface area contributed by atoms with Gasteiger partial charge < -0.3 is 15.3 Å². The monoisotopic (exact) mass is 436 g/mol. The van der Waals surface area contributed by atoms with Crippen molar-refractivity contribution in [3.8, 4) is 0 Å². The summed E-state index contributed by atoms with van der Waals surface area (Å²) in [4.78, 5) is 25.6. The molecule has 0 radical (unpaired) electrons. The van der Waals surface area contributed by atoms with Crippen molar-refractivity contribution < 1.29 is 9.90 Å². The molecule has 0 saturated heterocycles. The number of carbonyl (C=O) groups excluding carboxylic acids is 1. The number of likely N-dealkylation sites (N-methyl/N-ethyl adjacent to an activating group) is 1. The van der Waals surface area contributed by atoms with Crippen LogP contribution in [-0.2, 0) is 17.6 Å². The first-order chi connectivity index (χ1) is 15.0. The zero-order valence-electron chi connectivity index (χ0n) is 17.4. The van der Waals surface area contributed by atoms with E-state index in [1.165, 1.54) is 10.4 Å². The van der Waals surface area contributed by atoms with E-state index >= 15 is 0 Å².